The lowest BCUT2D eigenvalue weighted by Gasteiger charge is -2.29. The fourth-order valence-corrected chi connectivity index (χ4v) is 2.72. The van der Waals surface area contributed by atoms with Crippen molar-refractivity contribution in [2.75, 3.05) is 38.3 Å². The molecule has 1 N–H and O–H groups in total. The monoisotopic (exact) mass is 279 g/mol. The summed E-state index contributed by atoms with van der Waals surface area (Å²) in [6.07, 6.45) is 2.05. The van der Waals surface area contributed by atoms with Crippen molar-refractivity contribution in [1.29, 1.82) is 0 Å². The topological polar surface area (TPSA) is 83.9 Å². The van der Waals surface area contributed by atoms with Crippen LogP contribution in [0.1, 0.15) is 13.3 Å². The number of aliphatic carboxylic acids is 1. The predicted molar refractivity (Wildman–Crippen MR) is 67.3 cm³/mol. The van der Waals surface area contributed by atoms with Crippen LogP contribution in [-0.4, -0.2) is 68.7 Å². The molecule has 2 unspecified atom stereocenters. The number of ether oxygens (including phenoxy) is 1. The van der Waals surface area contributed by atoms with E-state index in [1.54, 1.807) is 0 Å². The summed E-state index contributed by atoms with van der Waals surface area (Å²) in [5.41, 5.74) is 0. The zero-order valence-electron chi connectivity index (χ0n) is 10.8. The molecule has 1 heterocycles. The summed E-state index contributed by atoms with van der Waals surface area (Å²) in [6.45, 7) is 3.61. The molecule has 0 aromatic rings. The van der Waals surface area contributed by atoms with Crippen LogP contribution in [0.2, 0.25) is 0 Å². The number of carboxylic acid groups (broad SMARTS) is 1. The highest BCUT2D eigenvalue weighted by Crippen LogP contribution is 2.20. The summed E-state index contributed by atoms with van der Waals surface area (Å²) in [7, 11) is -3.03. The Balaban J connectivity index is 2.68. The third-order valence-electron chi connectivity index (χ3n) is 3.10. The van der Waals surface area contributed by atoms with Crippen LogP contribution in [0.15, 0.2) is 0 Å². The maximum atomic E-state index is 11.2. The molecule has 0 aliphatic carbocycles. The number of nitrogens with zero attached hydrogens (tertiary/aromatic N) is 1. The van der Waals surface area contributed by atoms with Gasteiger partial charge in [-0.1, -0.05) is 6.92 Å². The van der Waals surface area contributed by atoms with Gasteiger partial charge >= 0.3 is 5.97 Å². The van der Waals surface area contributed by atoms with Crippen molar-refractivity contribution in [3.05, 3.63) is 0 Å². The summed E-state index contributed by atoms with van der Waals surface area (Å²) >= 11 is 0. The molecule has 0 bridgehead atoms. The molecule has 7 heteroatoms. The Labute approximate surface area is 108 Å². The molecule has 1 saturated heterocycles. The molecule has 1 aliphatic rings. The second kappa shape index (κ2) is 6.49. The minimum Gasteiger partial charge on any atom is -0.481 e. The number of rotatable bonds is 7. The summed E-state index contributed by atoms with van der Waals surface area (Å²) in [4.78, 5) is 13.0. The SMILES string of the molecule is CCCN(CCS(C)(=O)=O)C1COCC1C(=O)O. The number of carboxylic acids is 1. The maximum Gasteiger partial charge on any atom is 0.310 e. The quantitative estimate of drug-likeness (QED) is 0.697. The molecule has 0 amide bonds. The third-order valence-corrected chi connectivity index (χ3v) is 4.02. The average molecular weight is 279 g/mol. The Morgan fingerprint density at radius 1 is 1.39 bits per heavy atom. The first-order chi connectivity index (χ1) is 8.35. The van der Waals surface area contributed by atoms with Gasteiger partial charge in [-0.25, -0.2) is 8.42 Å². The van der Waals surface area contributed by atoms with E-state index in [0.29, 0.717) is 19.7 Å². The van der Waals surface area contributed by atoms with Gasteiger partial charge in [0, 0.05) is 18.8 Å². The molecular weight excluding hydrogens is 258 g/mol. The number of hydrogen-bond donors (Lipinski definition) is 1. The van der Waals surface area contributed by atoms with E-state index in [4.69, 9.17) is 9.84 Å². The van der Waals surface area contributed by atoms with Gasteiger partial charge in [-0.3, -0.25) is 9.69 Å². The van der Waals surface area contributed by atoms with Crippen molar-refractivity contribution in [3.63, 3.8) is 0 Å². The van der Waals surface area contributed by atoms with E-state index >= 15 is 0 Å². The molecule has 0 saturated carbocycles. The highest BCUT2D eigenvalue weighted by Gasteiger charge is 2.37. The van der Waals surface area contributed by atoms with Crippen LogP contribution in [0, 0.1) is 5.92 Å². The van der Waals surface area contributed by atoms with E-state index in [9.17, 15) is 13.2 Å². The number of hydrogen-bond acceptors (Lipinski definition) is 5. The van der Waals surface area contributed by atoms with Gasteiger partial charge in [-0.05, 0) is 13.0 Å². The fraction of sp³-hybridized carbons (Fsp3) is 0.909. The summed E-state index contributed by atoms with van der Waals surface area (Å²) in [6, 6.07) is -0.218. The van der Waals surface area contributed by atoms with Crippen molar-refractivity contribution in [2.24, 2.45) is 5.92 Å². The smallest absolute Gasteiger partial charge is 0.310 e. The molecule has 106 valence electrons. The first kappa shape index (κ1) is 15.4. The van der Waals surface area contributed by atoms with Crippen molar-refractivity contribution in [3.8, 4) is 0 Å². The van der Waals surface area contributed by atoms with Crippen molar-refractivity contribution in [2.45, 2.75) is 19.4 Å². The fourth-order valence-electron chi connectivity index (χ4n) is 2.15. The number of carbonyl (C=O) groups is 1. The van der Waals surface area contributed by atoms with Gasteiger partial charge in [-0.15, -0.1) is 0 Å². The molecule has 0 spiro atoms. The van der Waals surface area contributed by atoms with Gasteiger partial charge in [0.1, 0.15) is 9.84 Å². The zero-order chi connectivity index (χ0) is 13.8. The van der Waals surface area contributed by atoms with Crippen LogP contribution in [-0.2, 0) is 19.4 Å². The van der Waals surface area contributed by atoms with Gasteiger partial charge in [0.05, 0.1) is 24.9 Å². The molecule has 1 rings (SSSR count). The van der Waals surface area contributed by atoms with E-state index in [-0.39, 0.29) is 18.4 Å². The zero-order valence-corrected chi connectivity index (χ0v) is 11.6. The lowest BCUT2D eigenvalue weighted by Crippen LogP contribution is -2.45. The lowest BCUT2D eigenvalue weighted by atomic mass is 10.0. The molecule has 0 radical (unpaired) electrons. The molecule has 6 nitrogen and oxygen atoms in total. The first-order valence-corrected chi connectivity index (χ1v) is 8.13. The summed E-state index contributed by atoms with van der Waals surface area (Å²) < 4.78 is 27.6. The Hall–Kier alpha value is -0.660. The predicted octanol–water partition coefficient (Wildman–Crippen LogP) is -0.157. The summed E-state index contributed by atoms with van der Waals surface area (Å²) in [5, 5.41) is 9.10. The highest BCUT2D eigenvalue weighted by atomic mass is 32.2. The van der Waals surface area contributed by atoms with Gasteiger partial charge in [0.15, 0.2) is 0 Å². The Morgan fingerprint density at radius 2 is 2.06 bits per heavy atom. The normalized spacial score (nSPS) is 24.6. The minimum atomic E-state index is -3.03. The van der Waals surface area contributed by atoms with Gasteiger partial charge in [0.2, 0.25) is 0 Å². The average Bonchev–Trinajstić information content (AvgIpc) is 2.71. The third kappa shape index (κ3) is 4.55. The van der Waals surface area contributed by atoms with E-state index in [1.807, 2.05) is 11.8 Å². The van der Waals surface area contributed by atoms with Crippen LogP contribution < -0.4 is 0 Å². The Morgan fingerprint density at radius 3 is 2.56 bits per heavy atom. The molecule has 1 fully saturated rings. The van der Waals surface area contributed by atoms with E-state index in [0.717, 1.165) is 6.42 Å². The first-order valence-electron chi connectivity index (χ1n) is 6.07. The van der Waals surface area contributed by atoms with Crippen LogP contribution in [0.3, 0.4) is 0 Å². The Bertz CT molecular complexity index is 381. The molecule has 2 atom stereocenters. The standard InChI is InChI=1S/C11H21NO5S/c1-3-4-12(5-6-18(2,15)16)10-8-17-7-9(10)11(13)14/h9-10H,3-8H2,1-2H3,(H,13,14). The summed E-state index contributed by atoms with van der Waals surface area (Å²) in [5.74, 6) is -1.38. The van der Waals surface area contributed by atoms with Gasteiger partial charge in [-0.2, -0.15) is 0 Å². The maximum absolute atomic E-state index is 11.2. The highest BCUT2D eigenvalue weighted by molar-refractivity contribution is 7.90. The van der Waals surface area contributed by atoms with Crippen LogP contribution in [0.25, 0.3) is 0 Å². The molecule has 18 heavy (non-hydrogen) atoms. The van der Waals surface area contributed by atoms with Crippen LogP contribution in [0.5, 0.6) is 0 Å². The lowest BCUT2D eigenvalue weighted by molar-refractivity contribution is -0.143. The largest absolute Gasteiger partial charge is 0.481 e. The van der Waals surface area contributed by atoms with E-state index in [2.05, 4.69) is 0 Å². The molecule has 0 aromatic carbocycles. The Kier molecular flexibility index (Phi) is 5.55. The second-order valence-electron chi connectivity index (χ2n) is 4.72. The second-order valence-corrected chi connectivity index (χ2v) is 6.98. The number of sulfone groups is 1. The van der Waals surface area contributed by atoms with Crippen LogP contribution in [0.4, 0.5) is 0 Å². The van der Waals surface area contributed by atoms with E-state index in [1.165, 1.54) is 6.26 Å². The van der Waals surface area contributed by atoms with Crippen molar-refractivity contribution in [1.82, 2.24) is 4.90 Å². The van der Waals surface area contributed by atoms with E-state index < -0.39 is 21.7 Å². The van der Waals surface area contributed by atoms with Crippen molar-refractivity contribution < 1.29 is 23.1 Å². The van der Waals surface area contributed by atoms with Gasteiger partial charge in [0.25, 0.3) is 0 Å². The van der Waals surface area contributed by atoms with Crippen LogP contribution >= 0.6 is 0 Å². The molecular formula is C11H21NO5S. The van der Waals surface area contributed by atoms with Crippen molar-refractivity contribution >= 4 is 15.8 Å². The van der Waals surface area contributed by atoms with Gasteiger partial charge < -0.3 is 9.84 Å². The minimum absolute atomic E-state index is 0.0514. The molecule has 0 aromatic heterocycles. The molecule has 1 aliphatic heterocycles.